The van der Waals surface area contributed by atoms with Gasteiger partial charge >= 0.3 is 0 Å². The Hall–Kier alpha value is -2.54. The molecule has 0 aromatic heterocycles. The molecule has 1 unspecified atom stereocenters. The van der Waals surface area contributed by atoms with Crippen molar-refractivity contribution in [3.63, 3.8) is 0 Å². The zero-order valence-corrected chi connectivity index (χ0v) is 16.7. The van der Waals surface area contributed by atoms with E-state index < -0.39 is 0 Å². The molecule has 3 rings (SSSR count). The van der Waals surface area contributed by atoms with E-state index in [0.717, 1.165) is 23.1 Å². The Labute approximate surface area is 158 Å². The first-order valence-electron chi connectivity index (χ1n) is 9.30. The fourth-order valence-electron chi connectivity index (χ4n) is 3.80. The molecule has 0 saturated carbocycles. The van der Waals surface area contributed by atoms with Crippen LogP contribution in [0.4, 0.5) is 0 Å². The predicted octanol–water partition coefficient (Wildman–Crippen LogP) is 6.42. The molecular formula is C25H29N. The summed E-state index contributed by atoms with van der Waals surface area (Å²) in [6, 6.07) is 5.01. The second kappa shape index (κ2) is 6.99. The lowest BCUT2D eigenvalue weighted by Crippen LogP contribution is -2.38. The first kappa shape index (κ1) is 18.3. The Balaban J connectivity index is 2.19. The molecule has 26 heavy (non-hydrogen) atoms. The number of fused-ring (bicyclic) bond motifs is 3. The number of hydrogen-bond donors (Lipinski definition) is 0. The zero-order chi connectivity index (χ0) is 19.0. The van der Waals surface area contributed by atoms with E-state index in [-0.39, 0.29) is 0 Å². The van der Waals surface area contributed by atoms with Crippen molar-refractivity contribution in [2.75, 3.05) is 0 Å². The van der Waals surface area contributed by atoms with Crippen molar-refractivity contribution in [2.24, 2.45) is 0 Å². The van der Waals surface area contributed by atoms with Gasteiger partial charge in [0.25, 0.3) is 0 Å². The number of rotatable bonds is 3. The van der Waals surface area contributed by atoms with Crippen LogP contribution in [0.1, 0.15) is 43.0 Å². The van der Waals surface area contributed by atoms with Crippen LogP contribution in [0.15, 0.2) is 78.1 Å². The summed E-state index contributed by atoms with van der Waals surface area (Å²) >= 11 is 0. The molecule has 0 fully saturated rings. The van der Waals surface area contributed by atoms with Gasteiger partial charge in [-0.2, -0.15) is 0 Å². The summed E-state index contributed by atoms with van der Waals surface area (Å²) in [6.45, 7) is 19.2. The number of benzene rings is 1. The van der Waals surface area contributed by atoms with Crippen LogP contribution in [0, 0.1) is 13.8 Å². The number of hydrogen-bond acceptors (Lipinski definition) is 1. The van der Waals surface area contributed by atoms with E-state index in [9.17, 15) is 0 Å². The molecule has 2 heterocycles. The second-order valence-electron chi connectivity index (χ2n) is 7.54. The summed E-state index contributed by atoms with van der Waals surface area (Å²) in [7, 11) is 0. The molecule has 1 heteroatoms. The van der Waals surface area contributed by atoms with Crippen molar-refractivity contribution in [1.29, 1.82) is 0 Å². The van der Waals surface area contributed by atoms with Crippen molar-refractivity contribution in [2.45, 2.75) is 47.1 Å². The third-order valence-electron chi connectivity index (χ3n) is 5.48. The first-order chi connectivity index (χ1) is 12.3. The van der Waals surface area contributed by atoms with E-state index in [1.807, 2.05) is 0 Å². The van der Waals surface area contributed by atoms with Crippen LogP contribution in [-0.2, 0) is 6.42 Å². The minimum atomic E-state index is 0.314. The fourth-order valence-corrected chi connectivity index (χ4v) is 3.80. The van der Waals surface area contributed by atoms with E-state index in [0.29, 0.717) is 6.04 Å². The highest BCUT2D eigenvalue weighted by Crippen LogP contribution is 2.41. The summed E-state index contributed by atoms with van der Waals surface area (Å²) < 4.78 is 0. The van der Waals surface area contributed by atoms with E-state index in [1.54, 1.807) is 0 Å². The van der Waals surface area contributed by atoms with Gasteiger partial charge in [-0.3, -0.25) is 0 Å². The molecule has 134 valence electrons. The molecule has 0 saturated heterocycles. The molecule has 1 nitrogen and oxygen atoms in total. The lowest BCUT2D eigenvalue weighted by molar-refractivity contribution is 0.406. The maximum Gasteiger partial charge on any atom is 0.0587 e. The van der Waals surface area contributed by atoms with Crippen LogP contribution in [0.5, 0.6) is 0 Å². The standard InChI is InChI=1S/C25H29N/c1-8-9-10-17(4)24-14-21-11-18(5)19(6)12-22(21)25-13-20(7)23(16(2)3)15-26(24)25/h8-13,15,24H,2,7,14H2,1,3-6H3/b9-8-,17-10+. The molecule has 1 atom stereocenters. The molecule has 0 amide bonds. The van der Waals surface area contributed by atoms with E-state index in [4.69, 9.17) is 0 Å². The molecule has 0 spiro atoms. The van der Waals surface area contributed by atoms with Crippen molar-refractivity contribution in [1.82, 2.24) is 4.90 Å². The second-order valence-corrected chi connectivity index (χ2v) is 7.54. The molecular weight excluding hydrogens is 314 g/mol. The van der Waals surface area contributed by atoms with Gasteiger partial charge in [-0.1, -0.05) is 43.0 Å². The van der Waals surface area contributed by atoms with Crippen LogP contribution in [0.3, 0.4) is 0 Å². The summed E-state index contributed by atoms with van der Waals surface area (Å²) in [5, 5.41) is 0. The quantitative estimate of drug-likeness (QED) is 0.572. The SMILES string of the molecule is C=C(C)C1=CN2C(=CC1=C)c1cc(C)c(C)cc1CC2/C(C)=C/C=C\C. The lowest BCUT2D eigenvalue weighted by Gasteiger charge is -2.42. The number of allylic oxidation sites excluding steroid dienone is 7. The Bertz CT molecular complexity index is 902. The van der Waals surface area contributed by atoms with Gasteiger partial charge in [0.2, 0.25) is 0 Å². The van der Waals surface area contributed by atoms with Gasteiger partial charge < -0.3 is 4.90 Å². The third-order valence-corrected chi connectivity index (χ3v) is 5.48. The van der Waals surface area contributed by atoms with E-state index >= 15 is 0 Å². The van der Waals surface area contributed by atoms with Gasteiger partial charge in [-0.05, 0) is 86.6 Å². The zero-order valence-electron chi connectivity index (χ0n) is 16.7. The number of aryl methyl sites for hydroxylation is 2. The molecule has 1 aromatic carbocycles. The van der Waals surface area contributed by atoms with Gasteiger partial charge in [-0.25, -0.2) is 0 Å². The van der Waals surface area contributed by atoms with Crippen molar-refractivity contribution in [3.05, 3.63) is 100 Å². The average Bonchev–Trinajstić information content (AvgIpc) is 2.59. The van der Waals surface area contributed by atoms with Crippen LogP contribution in [0.25, 0.3) is 5.70 Å². The van der Waals surface area contributed by atoms with Crippen molar-refractivity contribution < 1.29 is 0 Å². The van der Waals surface area contributed by atoms with E-state index in [1.165, 1.54) is 33.5 Å². The van der Waals surface area contributed by atoms with Crippen LogP contribution in [0.2, 0.25) is 0 Å². The normalized spacial score (nSPS) is 19.9. The van der Waals surface area contributed by atoms with Gasteiger partial charge in [0.05, 0.1) is 6.04 Å². The molecule has 0 aliphatic carbocycles. The molecule has 2 aliphatic heterocycles. The molecule has 0 N–H and O–H groups in total. The van der Waals surface area contributed by atoms with Crippen LogP contribution in [-0.4, -0.2) is 10.9 Å². The maximum atomic E-state index is 4.28. The topological polar surface area (TPSA) is 3.24 Å². The molecule has 0 bridgehead atoms. The minimum Gasteiger partial charge on any atom is -0.339 e. The monoisotopic (exact) mass is 343 g/mol. The first-order valence-corrected chi connectivity index (χ1v) is 9.30. The van der Waals surface area contributed by atoms with Gasteiger partial charge in [-0.15, -0.1) is 0 Å². The van der Waals surface area contributed by atoms with E-state index in [2.05, 4.69) is 95.3 Å². The van der Waals surface area contributed by atoms with Crippen molar-refractivity contribution in [3.8, 4) is 0 Å². The molecule has 1 aromatic rings. The summed E-state index contributed by atoms with van der Waals surface area (Å²) in [4.78, 5) is 2.42. The van der Waals surface area contributed by atoms with Gasteiger partial charge in [0.15, 0.2) is 0 Å². The fraction of sp³-hybridized carbons (Fsp3) is 0.280. The maximum absolute atomic E-state index is 4.28. The average molecular weight is 344 g/mol. The lowest BCUT2D eigenvalue weighted by atomic mass is 9.83. The van der Waals surface area contributed by atoms with Crippen molar-refractivity contribution >= 4 is 5.70 Å². The summed E-state index contributed by atoms with van der Waals surface area (Å²) in [5.41, 5.74) is 11.3. The predicted molar refractivity (Wildman–Crippen MR) is 114 cm³/mol. The Kier molecular flexibility index (Phi) is 4.91. The molecule has 2 aliphatic rings. The highest BCUT2D eigenvalue weighted by molar-refractivity contribution is 5.77. The van der Waals surface area contributed by atoms with Gasteiger partial charge in [0.1, 0.15) is 0 Å². The smallest absolute Gasteiger partial charge is 0.0587 e. The van der Waals surface area contributed by atoms with Crippen LogP contribution >= 0.6 is 0 Å². The highest BCUT2D eigenvalue weighted by atomic mass is 15.2. The Morgan fingerprint density at radius 2 is 1.88 bits per heavy atom. The van der Waals surface area contributed by atoms with Gasteiger partial charge in [0, 0.05) is 17.5 Å². The number of nitrogens with zero attached hydrogens (tertiary/aromatic N) is 1. The molecule has 0 radical (unpaired) electrons. The largest absolute Gasteiger partial charge is 0.339 e. The summed E-state index contributed by atoms with van der Waals surface area (Å²) in [5.74, 6) is 0. The Morgan fingerprint density at radius 1 is 1.19 bits per heavy atom. The highest BCUT2D eigenvalue weighted by Gasteiger charge is 2.32. The summed E-state index contributed by atoms with van der Waals surface area (Å²) in [6.07, 6.45) is 11.9. The third kappa shape index (κ3) is 3.14. The van der Waals surface area contributed by atoms with Crippen LogP contribution < -0.4 is 0 Å². The minimum absolute atomic E-state index is 0.314. The Morgan fingerprint density at radius 3 is 2.54 bits per heavy atom.